The van der Waals surface area contributed by atoms with Crippen molar-refractivity contribution in [1.29, 1.82) is 0 Å². The molecule has 0 aliphatic carbocycles. The molecule has 0 saturated heterocycles. The lowest BCUT2D eigenvalue weighted by atomic mass is 9.91. The van der Waals surface area contributed by atoms with Gasteiger partial charge in [-0.2, -0.15) is 0 Å². The molecule has 0 fully saturated rings. The molecule has 0 amide bonds. The van der Waals surface area contributed by atoms with Crippen LogP contribution in [0.1, 0.15) is 26.0 Å². The van der Waals surface area contributed by atoms with Crippen molar-refractivity contribution in [2.75, 3.05) is 0 Å². The van der Waals surface area contributed by atoms with Crippen molar-refractivity contribution >= 4 is 63.8 Å². The summed E-state index contributed by atoms with van der Waals surface area (Å²) in [6.45, 7) is 0. The van der Waals surface area contributed by atoms with E-state index in [9.17, 15) is 11.0 Å². The molecule has 0 saturated carbocycles. The molecule has 0 spiro atoms. The van der Waals surface area contributed by atoms with Crippen LogP contribution in [0.15, 0.2) is 188 Å². The quantitative estimate of drug-likeness (QED) is 0.165. The molecule has 0 radical (unpaired) electrons. The first-order chi connectivity index (χ1) is 35.2. The van der Waals surface area contributed by atoms with Gasteiger partial charge in [-0.15, -0.1) is 11.3 Å². The second-order valence-electron chi connectivity index (χ2n) is 12.5. The van der Waals surface area contributed by atoms with E-state index < -0.39 is 169 Å². The molecule has 0 atom stereocenters. The Labute approximate surface area is 348 Å². The molecule has 11 aromatic rings. The average Bonchev–Trinajstić information content (AvgIpc) is 3.78. The normalized spacial score (nSPS) is 16.5. The summed E-state index contributed by atoms with van der Waals surface area (Å²) in [6, 6.07) is 7.21. The van der Waals surface area contributed by atoms with Crippen LogP contribution in [0.3, 0.4) is 0 Å². The Kier molecular flexibility index (Phi) is 4.17. The summed E-state index contributed by atoms with van der Waals surface area (Å²) in [4.78, 5) is 14.1. The Morgan fingerprint density at radius 3 is 1.58 bits per heavy atom. The van der Waals surface area contributed by atoms with Crippen LogP contribution in [-0.4, -0.2) is 15.0 Å². The molecule has 2 aromatic heterocycles. The van der Waals surface area contributed by atoms with E-state index in [-0.39, 0.29) is 23.0 Å². The molecule has 4 heteroatoms. The van der Waals surface area contributed by atoms with Crippen molar-refractivity contribution in [1.82, 2.24) is 15.0 Å². The Bertz CT molecular complexity index is 4300. The van der Waals surface area contributed by atoms with Crippen LogP contribution in [-0.2, 0) is 0 Å². The van der Waals surface area contributed by atoms with Gasteiger partial charge in [-0.1, -0.05) is 163 Å². The summed E-state index contributed by atoms with van der Waals surface area (Å²) in [7, 11) is 0. The lowest BCUT2D eigenvalue weighted by Gasteiger charge is -2.13. The Balaban J connectivity index is 1.17. The number of hydrogen-bond acceptors (Lipinski definition) is 4. The Hall–Kier alpha value is -7.01. The van der Waals surface area contributed by atoms with Gasteiger partial charge in [0, 0.05) is 36.9 Å². The Morgan fingerprint density at radius 2 is 0.855 bits per heavy atom. The fourth-order valence-corrected chi connectivity index (χ4v) is 7.77. The fourth-order valence-electron chi connectivity index (χ4n) is 6.62. The topological polar surface area (TPSA) is 38.7 Å². The van der Waals surface area contributed by atoms with Gasteiger partial charge in [-0.05, 0) is 78.8 Å². The zero-order valence-corrected chi connectivity index (χ0v) is 29.0. The number of aromatic nitrogens is 3. The average molecular weight is 737 g/mol. The highest BCUT2D eigenvalue weighted by Gasteiger charge is 2.15. The van der Waals surface area contributed by atoms with E-state index >= 15 is 0 Å². The number of thiophene rings is 1. The molecule has 256 valence electrons. The molecule has 55 heavy (non-hydrogen) atoms. The van der Waals surface area contributed by atoms with Gasteiger partial charge >= 0.3 is 0 Å². The van der Waals surface area contributed by atoms with Gasteiger partial charge in [0.15, 0.2) is 17.5 Å². The van der Waals surface area contributed by atoms with Gasteiger partial charge < -0.3 is 0 Å². The van der Waals surface area contributed by atoms with Crippen LogP contribution in [0.2, 0.25) is 0 Å². The van der Waals surface area contributed by atoms with Crippen molar-refractivity contribution in [3.63, 3.8) is 0 Å². The standard InChI is InChI=1S/C51H31N3S/c1-2-11-33(12-3-1)49-52-50(54-51(53-49)38-26-28-45-44-19-8-9-20-47(44)55-48(45)31-38)34-23-21-32(22-24-34)35-13-10-14-36(29-35)37-25-27-43-41-17-5-4-15-39(41)40-16-6-7-18-42(40)46(43)30-37/h1-31H/i4D,5D,6D,7D,10D,13D,14D,15D,16D,17D,18D,21D,22D,23D,24D,25D,27D,29D,30D. The minimum Gasteiger partial charge on any atom is -0.208 e. The third-order valence-corrected chi connectivity index (χ3v) is 10.3. The number of fused-ring (bicyclic) bond motifs is 9. The fraction of sp³-hybridized carbons (Fsp3) is 0. The van der Waals surface area contributed by atoms with Crippen molar-refractivity contribution < 1.29 is 26.0 Å². The van der Waals surface area contributed by atoms with Gasteiger partial charge in [0.1, 0.15) is 0 Å². The van der Waals surface area contributed by atoms with E-state index in [0.717, 1.165) is 20.2 Å². The van der Waals surface area contributed by atoms with Gasteiger partial charge in [0.25, 0.3) is 0 Å². The smallest absolute Gasteiger partial charge is 0.164 e. The Morgan fingerprint density at radius 1 is 0.327 bits per heavy atom. The second kappa shape index (κ2) is 12.8. The predicted molar refractivity (Wildman–Crippen MR) is 232 cm³/mol. The first-order valence-corrected chi connectivity index (χ1v) is 17.8. The van der Waals surface area contributed by atoms with Crippen LogP contribution < -0.4 is 0 Å². The molecule has 0 bridgehead atoms. The molecule has 0 unspecified atom stereocenters. The van der Waals surface area contributed by atoms with E-state index in [4.69, 9.17) is 25.0 Å². The number of nitrogens with zero attached hydrogens (tertiary/aromatic N) is 3. The summed E-state index contributed by atoms with van der Waals surface area (Å²) in [5.74, 6) is 0.0651. The van der Waals surface area contributed by atoms with Crippen LogP contribution >= 0.6 is 11.3 Å². The summed E-state index contributed by atoms with van der Waals surface area (Å²) in [5.41, 5.74) is -2.06. The zero-order chi connectivity index (χ0) is 52.8. The van der Waals surface area contributed by atoms with E-state index in [1.165, 1.54) is 0 Å². The lowest BCUT2D eigenvalue weighted by Crippen LogP contribution is -2.00. The molecular weight excluding hydrogens is 687 g/mol. The van der Waals surface area contributed by atoms with Crippen molar-refractivity contribution in [2.45, 2.75) is 0 Å². The number of benzene rings is 9. The van der Waals surface area contributed by atoms with Gasteiger partial charge in [-0.3, -0.25) is 0 Å². The van der Waals surface area contributed by atoms with Crippen LogP contribution in [0.4, 0.5) is 0 Å². The van der Waals surface area contributed by atoms with Gasteiger partial charge in [0.05, 0.1) is 26.0 Å². The first kappa shape index (κ1) is 17.9. The number of hydrogen-bond donors (Lipinski definition) is 0. The summed E-state index contributed by atoms with van der Waals surface area (Å²) >= 11 is 1.57. The van der Waals surface area contributed by atoms with E-state index in [0.29, 0.717) is 11.1 Å². The molecule has 11 rings (SSSR count). The molecule has 0 N–H and O–H groups in total. The molecule has 2 heterocycles. The SMILES string of the molecule is [2H]c1c([2H])c(-c2c([2H])c([2H])c(-c3nc(-c4ccccc4)nc(-c4ccc5c(c4)sc4ccccc45)n3)c([2H])c2[2H])c([2H])c(-c2c([2H])c([2H])c3c4c([2H])c([2H])c([2H])c([2H])c4c4c([2H])c([2H])c([2H])c([2H])c4c3c2[2H])c1[2H]. The lowest BCUT2D eigenvalue weighted by molar-refractivity contribution is 1.07. The summed E-state index contributed by atoms with van der Waals surface area (Å²) in [6.07, 6.45) is 0. The molecular formula is C51H31N3S. The molecule has 9 aromatic carbocycles. The summed E-state index contributed by atoms with van der Waals surface area (Å²) in [5, 5.41) is -0.585. The third-order valence-electron chi connectivity index (χ3n) is 9.22. The molecule has 0 aliphatic heterocycles. The minimum absolute atomic E-state index is 0.151. The van der Waals surface area contributed by atoms with Gasteiger partial charge in [0.2, 0.25) is 0 Å². The maximum absolute atomic E-state index is 9.70. The highest BCUT2D eigenvalue weighted by atomic mass is 32.1. The monoisotopic (exact) mass is 736 g/mol. The molecule has 0 aliphatic rings. The van der Waals surface area contributed by atoms with E-state index in [1.54, 1.807) is 41.7 Å². The third kappa shape index (κ3) is 5.46. The highest BCUT2D eigenvalue weighted by Crippen LogP contribution is 2.39. The molecule has 3 nitrogen and oxygen atoms in total. The first-order valence-electron chi connectivity index (χ1n) is 26.5. The van der Waals surface area contributed by atoms with Crippen LogP contribution in [0.25, 0.3) is 109 Å². The summed E-state index contributed by atoms with van der Waals surface area (Å²) < 4.78 is 174. The second-order valence-corrected chi connectivity index (χ2v) is 13.6. The maximum Gasteiger partial charge on any atom is 0.164 e. The predicted octanol–water partition coefficient (Wildman–Crippen LogP) is 14.0. The number of rotatable bonds is 5. The van der Waals surface area contributed by atoms with Crippen LogP contribution in [0, 0.1) is 0 Å². The minimum atomic E-state index is -0.929. The van der Waals surface area contributed by atoms with Crippen molar-refractivity contribution in [2.24, 2.45) is 0 Å². The largest absolute Gasteiger partial charge is 0.208 e. The van der Waals surface area contributed by atoms with Gasteiger partial charge in [-0.25, -0.2) is 15.0 Å². The van der Waals surface area contributed by atoms with E-state index in [1.807, 2.05) is 42.5 Å². The maximum atomic E-state index is 9.70. The van der Waals surface area contributed by atoms with E-state index in [2.05, 4.69) is 4.98 Å². The van der Waals surface area contributed by atoms with Crippen molar-refractivity contribution in [3.05, 3.63) is 188 Å². The zero-order valence-electron chi connectivity index (χ0n) is 47.2. The van der Waals surface area contributed by atoms with Crippen molar-refractivity contribution in [3.8, 4) is 56.4 Å². The van der Waals surface area contributed by atoms with Crippen LogP contribution in [0.5, 0.6) is 0 Å². The highest BCUT2D eigenvalue weighted by molar-refractivity contribution is 7.25.